The first-order valence-corrected chi connectivity index (χ1v) is 12.4. The molecule has 1 N–H and O–H groups in total. The zero-order valence-corrected chi connectivity index (χ0v) is 17.3. The fraction of sp³-hybridized carbons (Fsp3) is 0.778. The van der Waals surface area contributed by atoms with Crippen LogP contribution in [0.1, 0.15) is 82.6 Å². The van der Waals surface area contributed by atoms with E-state index >= 15 is 0 Å². The number of hydrogen-bond acceptors (Lipinski definition) is 1. The standard InChI is InChI=1S/C27H36O/c28-27(24-4-2-1-3-5-24,25-12-18-6-19(13-25)8-20(7-18)14-25)26-15-21-9-22(16-26)11-23(10-21)17-26/h1-5,18-23,28H,6-17H2. The van der Waals surface area contributed by atoms with Crippen molar-refractivity contribution >= 4 is 0 Å². The summed E-state index contributed by atoms with van der Waals surface area (Å²) in [4.78, 5) is 0. The highest BCUT2D eigenvalue weighted by Crippen LogP contribution is 2.75. The Hall–Kier alpha value is -0.820. The molecule has 0 saturated heterocycles. The lowest BCUT2D eigenvalue weighted by Gasteiger charge is -2.71. The van der Waals surface area contributed by atoms with Crippen molar-refractivity contribution in [2.75, 3.05) is 0 Å². The van der Waals surface area contributed by atoms with Gasteiger partial charge in [0.15, 0.2) is 0 Å². The van der Waals surface area contributed by atoms with Crippen molar-refractivity contribution in [3.8, 4) is 0 Å². The van der Waals surface area contributed by atoms with Crippen molar-refractivity contribution in [1.29, 1.82) is 0 Å². The van der Waals surface area contributed by atoms with Crippen LogP contribution in [0.15, 0.2) is 30.3 Å². The van der Waals surface area contributed by atoms with E-state index in [1.165, 1.54) is 82.6 Å². The molecular weight excluding hydrogens is 340 g/mol. The summed E-state index contributed by atoms with van der Waals surface area (Å²) in [5.41, 5.74) is 1.02. The van der Waals surface area contributed by atoms with Crippen molar-refractivity contribution in [3.05, 3.63) is 35.9 Å². The summed E-state index contributed by atoms with van der Waals surface area (Å²) in [5, 5.41) is 13.2. The van der Waals surface area contributed by atoms with Crippen molar-refractivity contribution in [2.45, 2.75) is 82.7 Å². The summed E-state index contributed by atoms with van der Waals surface area (Å²) in [7, 11) is 0. The van der Waals surface area contributed by atoms with Gasteiger partial charge in [-0.3, -0.25) is 0 Å². The highest BCUT2D eigenvalue weighted by molar-refractivity contribution is 5.33. The topological polar surface area (TPSA) is 20.2 Å². The fourth-order valence-corrected chi connectivity index (χ4v) is 11.0. The zero-order chi connectivity index (χ0) is 18.6. The van der Waals surface area contributed by atoms with Gasteiger partial charge >= 0.3 is 0 Å². The number of aliphatic hydroxyl groups is 1. The third kappa shape index (κ3) is 2.03. The van der Waals surface area contributed by atoms with Gasteiger partial charge in [0.05, 0.1) is 0 Å². The molecule has 0 spiro atoms. The summed E-state index contributed by atoms with van der Waals surface area (Å²) in [6.07, 6.45) is 16.6. The van der Waals surface area contributed by atoms with E-state index in [-0.39, 0.29) is 10.8 Å². The summed E-state index contributed by atoms with van der Waals surface area (Å²) in [6.45, 7) is 0. The van der Waals surface area contributed by atoms with Crippen LogP contribution < -0.4 is 0 Å². The minimum atomic E-state index is -0.590. The number of benzene rings is 1. The van der Waals surface area contributed by atoms with Gasteiger partial charge in [0.2, 0.25) is 0 Å². The molecule has 1 heteroatoms. The van der Waals surface area contributed by atoms with E-state index in [9.17, 15) is 5.11 Å². The SMILES string of the molecule is OC(c1ccccc1)(C12CC3CC(CC(C3)C1)C2)C12CC3CC(CC(C3)C1)C2. The van der Waals surface area contributed by atoms with Gasteiger partial charge < -0.3 is 5.11 Å². The van der Waals surface area contributed by atoms with Crippen LogP contribution in [-0.4, -0.2) is 5.11 Å². The van der Waals surface area contributed by atoms with Crippen LogP contribution in [0.25, 0.3) is 0 Å². The Bertz CT molecular complexity index is 662. The van der Waals surface area contributed by atoms with Gasteiger partial charge in [-0.15, -0.1) is 0 Å². The molecule has 1 aromatic carbocycles. The summed E-state index contributed by atoms with van der Waals surface area (Å²) in [5.74, 6) is 5.39. The minimum absolute atomic E-state index is 0.161. The summed E-state index contributed by atoms with van der Waals surface area (Å²) < 4.78 is 0. The lowest BCUT2D eigenvalue weighted by atomic mass is 9.35. The lowest BCUT2D eigenvalue weighted by molar-refractivity contribution is -0.277. The van der Waals surface area contributed by atoms with E-state index in [0.717, 1.165) is 35.5 Å². The highest BCUT2D eigenvalue weighted by atomic mass is 16.3. The van der Waals surface area contributed by atoms with Crippen molar-refractivity contribution < 1.29 is 5.11 Å². The van der Waals surface area contributed by atoms with Gasteiger partial charge in [-0.25, -0.2) is 0 Å². The molecule has 0 radical (unpaired) electrons. The molecule has 1 nitrogen and oxygen atoms in total. The molecule has 0 aromatic heterocycles. The van der Waals surface area contributed by atoms with Crippen LogP contribution in [-0.2, 0) is 5.60 Å². The molecule has 0 unspecified atom stereocenters. The maximum atomic E-state index is 13.2. The van der Waals surface area contributed by atoms with Crippen molar-refractivity contribution in [1.82, 2.24) is 0 Å². The average Bonchev–Trinajstić information content (AvgIpc) is 2.66. The van der Waals surface area contributed by atoms with E-state index in [4.69, 9.17) is 0 Å². The molecule has 0 heterocycles. The van der Waals surface area contributed by atoms with Gasteiger partial charge in [0, 0.05) is 10.8 Å². The average molecular weight is 377 g/mol. The predicted molar refractivity (Wildman–Crippen MR) is 112 cm³/mol. The Morgan fingerprint density at radius 1 is 0.571 bits per heavy atom. The zero-order valence-electron chi connectivity index (χ0n) is 17.3. The molecule has 28 heavy (non-hydrogen) atoms. The van der Waals surface area contributed by atoms with Gasteiger partial charge in [-0.1, -0.05) is 30.3 Å². The Morgan fingerprint density at radius 3 is 1.21 bits per heavy atom. The Morgan fingerprint density at radius 2 is 0.893 bits per heavy atom. The normalized spacial score (nSPS) is 52.8. The predicted octanol–water partition coefficient (Wildman–Crippen LogP) is 6.31. The van der Waals surface area contributed by atoms with E-state index in [2.05, 4.69) is 30.3 Å². The second kappa shape index (κ2) is 5.45. The first-order valence-electron chi connectivity index (χ1n) is 12.4. The quantitative estimate of drug-likeness (QED) is 0.655. The largest absolute Gasteiger partial charge is 0.384 e. The smallest absolute Gasteiger partial charge is 0.101 e. The molecular formula is C27H36O. The number of hydrogen-bond donors (Lipinski definition) is 1. The molecule has 8 bridgehead atoms. The first kappa shape index (κ1) is 16.9. The lowest BCUT2D eigenvalue weighted by Crippen LogP contribution is -2.66. The molecule has 0 amide bonds. The Labute approximate surface area is 170 Å². The molecule has 0 aliphatic heterocycles. The maximum Gasteiger partial charge on any atom is 0.101 e. The molecule has 8 saturated carbocycles. The Balaban J connectivity index is 1.42. The van der Waals surface area contributed by atoms with Crippen LogP contribution in [0, 0.1) is 46.3 Å². The molecule has 1 aromatic rings. The van der Waals surface area contributed by atoms with Crippen LogP contribution >= 0.6 is 0 Å². The minimum Gasteiger partial charge on any atom is -0.384 e. The van der Waals surface area contributed by atoms with Crippen LogP contribution in [0.4, 0.5) is 0 Å². The maximum absolute atomic E-state index is 13.2. The van der Waals surface area contributed by atoms with Crippen molar-refractivity contribution in [3.63, 3.8) is 0 Å². The van der Waals surface area contributed by atoms with Crippen LogP contribution in [0.5, 0.6) is 0 Å². The highest BCUT2D eigenvalue weighted by Gasteiger charge is 2.70. The van der Waals surface area contributed by atoms with Gasteiger partial charge in [-0.2, -0.15) is 0 Å². The first-order chi connectivity index (χ1) is 13.6. The van der Waals surface area contributed by atoms with Crippen LogP contribution in [0.2, 0.25) is 0 Å². The third-order valence-electron chi connectivity index (χ3n) is 10.8. The van der Waals surface area contributed by atoms with Gasteiger partial charge in [0.1, 0.15) is 5.60 Å². The van der Waals surface area contributed by atoms with Crippen molar-refractivity contribution in [2.24, 2.45) is 46.3 Å². The van der Waals surface area contributed by atoms with E-state index in [0.29, 0.717) is 0 Å². The van der Waals surface area contributed by atoms with E-state index in [1.54, 1.807) is 0 Å². The van der Waals surface area contributed by atoms with Crippen LogP contribution in [0.3, 0.4) is 0 Å². The van der Waals surface area contributed by atoms with Gasteiger partial charge in [-0.05, 0) is 118 Å². The molecule has 150 valence electrons. The third-order valence-corrected chi connectivity index (χ3v) is 10.8. The van der Waals surface area contributed by atoms with Gasteiger partial charge in [0.25, 0.3) is 0 Å². The number of rotatable bonds is 3. The second-order valence-electron chi connectivity index (χ2n) is 12.5. The van der Waals surface area contributed by atoms with E-state index in [1.807, 2.05) is 0 Å². The summed E-state index contributed by atoms with van der Waals surface area (Å²) >= 11 is 0. The summed E-state index contributed by atoms with van der Waals surface area (Å²) in [6, 6.07) is 11.1. The molecule has 9 rings (SSSR count). The molecule has 8 aliphatic rings. The molecule has 0 atom stereocenters. The second-order valence-corrected chi connectivity index (χ2v) is 12.5. The van der Waals surface area contributed by atoms with E-state index < -0.39 is 5.60 Å². The fourth-order valence-electron chi connectivity index (χ4n) is 11.0. The monoisotopic (exact) mass is 376 g/mol. The molecule has 8 fully saturated rings. The Kier molecular flexibility index (Phi) is 3.29. The molecule has 8 aliphatic carbocycles.